The molecule has 2 unspecified atom stereocenters. The molecule has 2 atom stereocenters. The second kappa shape index (κ2) is 6.66. The van der Waals surface area contributed by atoms with Crippen molar-refractivity contribution in [1.82, 2.24) is 5.32 Å². The Hall–Kier alpha value is -0.610. The molecule has 3 aliphatic carbocycles. The molecular formula is C17H29NO3. The van der Waals surface area contributed by atoms with Crippen LogP contribution in [0.2, 0.25) is 0 Å². The first-order chi connectivity index (χ1) is 10.2. The standard InChI is InChI=1S/C17H29NO3/c1-2-20-16(19)17(18-14-6-7-14)10-8-15(12-17)21-11-9-13-4-3-5-13/h13-15,18H,2-12H2,1H3. The molecular weight excluding hydrogens is 266 g/mol. The van der Waals surface area contributed by atoms with Gasteiger partial charge in [-0.05, 0) is 44.9 Å². The zero-order valence-electron chi connectivity index (χ0n) is 13.2. The van der Waals surface area contributed by atoms with Crippen molar-refractivity contribution in [3.63, 3.8) is 0 Å². The number of esters is 1. The van der Waals surface area contributed by atoms with E-state index in [1.807, 2.05) is 6.92 Å². The third-order valence-electron chi connectivity index (χ3n) is 5.30. The monoisotopic (exact) mass is 295 g/mol. The third-order valence-corrected chi connectivity index (χ3v) is 5.30. The fourth-order valence-corrected chi connectivity index (χ4v) is 3.59. The SMILES string of the molecule is CCOC(=O)C1(NC2CC2)CCC(OCCC2CCC2)C1. The quantitative estimate of drug-likeness (QED) is 0.700. The lowest BCUT2D eigenvalue weighted by atomic mass is 9.83. The third kappa shape index (κ3) is 3.78. The van der Waals surface area contributed by atoms with Gasteiger partial charge in [0, 0.05) is 19.1 Å². The molecule has 0 heterocycles. The minimum absolute atomic E-state index is 0.0676. The highest BCUT2D eigenvalue weighted by atomic mass is 16.5. The number of carbonyl (C=O) groups excluding carboxylic acids is 1. The van der Waals surface area contributed by atoms with E-state index >= 15 is 0 Å². The Morgan fingerprint density at radius 3 is 2.67 bits per heavy atom. The maximum atomic E-state index is 12.4. The highest BCUT2D eigenvalue weighted by Crippen LogP contribution is 2.37. The minimum Gasteiger partial charge on any atom is -0.465 e. The highest BCUT2D eigenvalue weighted by molar-refractivity contribution is 5.81. The van der Waals surface area contributed by atoms with Crippen molar-refractivity contribution in [2.24, 2.45) is 5.92 Å². The number of carbonyl (C=O) groups is 1. The van der Waals surface area contributed by atoms with Crippen LogP contribution in [0.15, 0.2) is 0 Å². The van der Waals surface area contributed by atoms with Crippen molar-refractivity contribution < 1.29 is 14.3 Å². The number of hydrogen-bond donors (Lipinski definition) is 1. The van der Waals surface area contributed by atoms with Gasteiger partial charge < -0.3 is 9.47 Å². The first kappa shape index (κ1) is 15.3. The zero-order chi connectivity index (χ0) is 14.7. The van der Waals surface area contributed by atoms with Crippen LogP contribution in [0.3, 0.4) is 0 Å². The lowest BCUT2D eigenvalue weighted by Gasteiger charge is -2.29. The van der Waals surface area contributed by atoms with E-state index in [4.69, 9.17) is 9.47 Å². The van der Waals surface area contributed by atoms with E-state index < -0.39 is 5.54 Å². The number of rotatable bonds is 8. The molecule has 0 bridgehead atoms. The molecule has 120 valence electrons. The van der Waals surface area contributed by atoms with E-state index in [1.54, 1.807) is 0 Å². The maximum absolute atomic E-state index is 12.4. The van der Waals surface area contributed by atoms with Gasteiger partial charge in [-0.2, -0.15) is 0 Å². The molecule has 0 aromatic heterocycles. The van der Waals surface area contributed by atoms with Gasteiger partial charge in [0.25, 0.3) is 0 Å². The summed E-state index contributed by atoms with van der Waals surface area (Å²) in [6.45, 7) is 3.20. The van der Waals surface area contributed by atoms with Crippen LogP contribution in [0.4, 0.5) is 0 Å². The van der Waals surface area contributed by atoms with E-state index in [0.717, 1.165) is 31.8 Å². The van der Waals surface area contributed by atoms with E-state index in [0.29, 0.717) is 12.6 Å². The predicted octanol–water partition coefficient (Wildman–Crippen LogP) is 2.80. The summed E-state index contributed by atoms with van der Waals surface area (Å²) in [5, 5.41) is 3.55. The maximum Gasteiger partial charge on any atom is 0.326 e. The summed E-state index contributed by atoms with van der Waals surface area (Å²) in [5.74, 6) is 0.827. The molecule has 3 aliphatic rings. The lowest BCUT2D eigenvalue weighted by Crippen LogP contribution is -2.52. The Kier molecular flexibility index (Phi) is 4.85. The largest absolute Gasteiger partial charge is 0.465 e. The smallest absolute Gasteiger partial charge is 0.326 e. The van der Waals surface area contributed by atoms with Crippen LogP contribution >= 0.6 is 0 Å². The number of hydrogen-bond acceptors (Lipinski definition) is 4. The molecule has 0 amide bonds. The van der Waals surface area contributed by atoms with Gasteiger partial charge in [-0.3, -0.25) is 10.1 Å². The summed E-state index contributed by atoms with van der Waals surface area (Å²) >= 11 is 0. The summed E-state index contributed by atoms with van der Waals surface area (Å²) in [5.41, 5.74) is -0.474. The van der Waals surface area contributed by atoms with Gasteiger partial charge in [-0.25, -0.2) is 0 Å². The Labute approximate surface area is 127 Å². The fraction of sp³-hybridized carbons (Fsp3) is 0.941. The predicted molar refractivity (Wildman–Crippen MR) is 81.1 cm³/mol. The average Bonchev–Trinajstić information content (AvgIpc) is 3.12. The lowest BCUT2D eigenvalue weighted by molar-refractivity contribution is -0.151. The zero-order valence-corrected chi connectivity index (χ0v) is 13.2. The molecule has 0 spiro atoms. The van der Waals surface area contributed by atoms with Gasteiger partial charge in [-0.1, -0.05) is 19.3 Å². The summed E-state index contributed by atoms with van der Waals surface area (Å²) < 4.78 is 11.4. The van der Waals surface area contributed by atoms with Gasteiger partial charge in [0.05, 0.1) is 12.7 Å². The summed E-state index contributed by atoms with van der Waals surface area (Å²) in [4.78, 5) is 12.4. The molecule has 3 saturated carbocycles. The summed E-state index contributed by atoms with van der Waals surface area (Å²) in [6.07, 6.45) is 10.6. The van der Waals surface area contributed by atoms with Crippen LogP contribution < -0.4 is 5.32 Å². The second-order valence-corrected chi connectivity index (χ2v) is 7.04. The second-order valence-electron chi connectivity index (χ2n) is 7.04. The van der Waals surface area contributed by atoms with Crippen molar-refractivity contribution in [3.8, 4) is 0 Å². The van der Waals surface area contributed by atoms with E-state index in [9.17, 15) is 4.79 Å². The molecule has 0 aliphatic heterocycles. The Bertz CT molecular complexity index is 365. The van der Waals surface area contributed by atoms with Gasteiger partial charge in [-0.15, -0.1) is 0 Å². The van der Waals surface area contributed by atoms with E-state index in [2.05, 4.69) is 5.32 Å². The van der Waals surface area contributed by atoms with Crippen molar-refractivity contribution in [1.29, 1.82) is 0 Å². The molecule has 0 aromatic rings. The van der Waals surface area contributed by atoms with Crippen molar-refractivity contribution in [2.45, 2.75) is 82.4 Å². The normalized spacial score (nSPS) is 32.9. The first-order valence-electron chi connectivity index (χ1n) is 8.78. The number of ether oxygens (including phenoxy) is 2. The van der Waals surface area contributed by atoms with E-state index in [1.165, 1.54) is 38.5 Å². The Morgan fingerprint density at radius 1 is 1.24 bits per heavy atom. The van der Waals surface area contributed by atoms with Crippen LogP contribution in [0.1, 0.15) is 64.7 Å². The number of nitrogens with one attached hydrogen (secondary N) is 1. The van der Waals surface area contributed by atoms with Crippen LogP contribution in [0.25, 0.3) is 0 Å². The molecule has 0 saturated heterocycles. The van der Waals surface area contributed by atoms with Crippen molar-refractivity contribution in [2.75, 3.05) is 13.2 Å². The molecule has 0 aromatic carbocycles. The highest BCUT2D eigenvalue weighted by Gasteiger charge is 2.49. The molecule has 0 radical (unpaired) electrons. The van der Waals surface area contributed by atoms with Crippen LogP contribution in [0, 0.1) is 5.92 Å². The molecule has 3 rings (SSSR count). The van der Waals surface area contributed by atoms with Gasteiger partial charge in [0.15, 0.2) is 0 Å². The first-order valence-corrected chi connectivity index (χ1v) is 8.78. The molecule has 1 N–H and O–H groups in total. The van der Waals surface area contributed by atoms with Crippen LogP contribution in [-0.2, 0) is 14.3 Å². The van der Waals surface area contributed by atoms with Gasteiger partial charge in [0.1, 0.15) is 5.54 Å². The Balaban J connectivity index is 1.48. The molecule has 21 heavy (non-hydrogen) atoms. The van der Waals surface area contributed by atoms with Gasteiger partial charge >= 0.3 is 5.97 Å². The van der Waals surface area contributed by atoms with Gasteiger partial charge in [0.2, 0.25) is 0 Å². The average molecular weight is 295 g/mol. The van der Waals surface area contributed by atoms with Crippen molar-refractivity contribution >= 4 is 5.97 Å². The topological polar surface area (TPSA) is 47.6 Å². The van der Waals surface area contributed by atoms with Crippen LogP contribution in [-0.4, -0.2) is 36.9 Å². The molecule has 4 heteroatoms. The van der Waals surface area contributed by atoms with Crippen LogP contribution in [0.5, 0.6) is 0 Å². The summed E-state index contributed by atoms with van der Waals surface area (Å²) in [7, 11) is 0. The summed E-state index contributed by atoms with van der Waals surface area (Å²) in [6, 6.07) is 0.517. The molecule has 4 nitrogen and oxygen atoms in total. The fourth-order valence-electron chi connectivity index (χ4n) is 3.59. The van der Waals surface area contributed by atoms with E-state index in [-0.39, 0.29) is 12.1 Å². The Morgan fingerprint density at radius 2 is 2.05 bits per heavy atom. The molecule has 3 fully saturated rings. The minimum atomic E-state index is -0.474. The van der Waals surface area contributed by atoms with Crippen molar-refractivity contribution in [3.05, 3.63) is 0 Å².